The number of halogens is 2. The van der Waals surface area contributed by atoms with Crippen LogP contribution in [0, 0.1) is 0 Å². The molecule has 2 heterocycles. The molecule has 30 heavy (non-hydrogen) atoms. The molecular weight excluding hydrogens is 411 g/mol. The summed E-state index contributed by atoms with van der Waals surface area (Å²) >= 11 is 0. The van der Waals surface area contributed by atoms with E-state index in [4.69, 9.17) is 0 Å². The molecule has 0 atom stereocenters. The normalized spacial score (nSPS) is 14.1. The fourth-order valence-electron chi connectivity index (χ4n) is 5.38. The Labute approximate surface area is 185 Å². The number of nitrogens with zero attached hydrogens (tertiary/aromatic N) is 2. The van der Waals surface area contributed by atoms with E-state index in [0.29, 0.717) is 0 Å². The van der Waals surface area contributed by atoms with Crippen molar-refractivity contribution < 1.29 is 0 Å². The summed E-state index contributed by atoms with van der Waals surface area (Å²) in [7, 11) is 4.20. The van der Waals surface area contributed by atoms with Crippen LogP contribution in [0.15, 0.2) is 48.5 Å². The van der Waals surface area contributed by atoms with Crippen LogP contribution in [0.3, 0.4) is 0 Å². The maximum absolute atomic E-state index is 2.32. The summed E-state index contributed by atoms with van der Waals surface area (Å²) in [5, 5.41) is 16.2. The highest BCUT2D eigenvalue weighted by Crippen LogP contribution is 2.37. The molecule has 0 aromatic heterocycles. The second kappa shape index (κ2) is 6.28. The lowest BCUT2D eigenvalue weighted by Crippen LogP contribution is -2.25. The molecule has 2 nitrogen and oxygen atoms in total. The molecule has 2 aliphatic heterocycles. The lowest BCUT2D eigenvalue weighted by atomic mass is 9.87. The number of fused-ring (bicyclic) bond motifs is 2. The Balaban J connectivity index is 0.000000963. The van der Waals surface area contributed by atoms with Crippen molar-refractivity contribution in [1.82, 2.24) is 9.80 Å². The lowest BCUT2D eigenvalue weighted by molar-refractivity contribution is 0.735. The van der Waals surface area contributed by atoms with E-state index in [2.05, 4.69) is 97.2 Å². The molecule has 7 rings (SSSR count). The van der Waals surface area contributed by atoms with E-state index in [9.17, 15) is 0 Å². The van der Waals surface area contributed by atoms with Crippen LogP contribution in [0.4, 0.5) is 0 Å². The first-order valence-electron chi connectivity index (χ1n) is 9.72. The number of benzene rings is 5. The molecule has 0 spiro atoms. The van der Waals surface area contributed by atoms with E-state index in [-0.39, 0.29) is 24.8 Å². The van der Waals surface area contributed by atoms with Gasteiger partial charge in [-0.2, -0.15) is 0 Å². The van der Waals surface area contributed by atoms with Crippen LogP contribution in [0.5, 0.6) is 0 Å². The molecule has 5 aromatic rings. The smallest absolute Gasteiger partial charge is 0.0110 e. The average molecular weight is 431 g/mol. The first-order chi connectivity index (χ1) is 13.7. The van der Waals surface area contributed by atoms with Crippen LogP contribution >= 0.6 is 24.8 Å². The van der Waals surface area contributed by atoms with Crippen LogP contribution in [0.1, 0.15) is 0 Å². The molecule has 0 fully saturated rings. The Morgan fingerprint density at radius 1 is 0.400 bits per heavy atom. The molecule has 0 aliphatic carbocycles. The third-order valence-electron chi connectivity index (χ3n) is 6.40. The fourth-order valence-corrected chi connectivity index (χ4v) is 5.38. The highest BCUT2D eigenvalue weighted by Gasteiger charge is 2.17. The van der Waals surface area contributed by atoms with Crippen molar-refractivity contribution in [3.8, 4) is 0 Å². The van der Waals surface area contributed by atoms with E-state index in [0.717, 1.165) is 0 Å². The zero-order valence-electron chi connectivity index (χ0n) is 16.6. The molecule has 148 valence electrons. The van der Waals surface area contributed by atoms with Gasteiger partial charge in [0, 0.05) is 49.7 Å². The number of hydrogen-bond donors (Lipinski definition) is 0. The summed E-state index contributed by atoms with van der Waals surface area (Å²) in [6.45, 7) is 0. The number of hydrogen-bond acceptors (Lipinski definition) is 2. The predicted octanol–water partition coefficient (Wildman–Crippen LogP) is 3.42. The van der Waals surface area contributed by atoms with Gasteiger partial charge in [-0.05, 0) is 53.2 Å². The second-order valence-electron chi connectivity index (χ2n) is 8.16. The Kier molecular flexibility index (Phi) is 3.99. The van der Waals surface area contributed by atoms with Crippen molar-refractivity contribution in [1.29, 1.82) is 0 Å². The van der Waals surface area contributed by atoms with Gasteiger partial charge in [-0.3, -0.25) is 0 Å². The van der Waals surface area contributed by atoms with Gasteiger partial charge >= 0.3 is 0 Å². The highest BCUT2D eigenvalue weighted by molar-refractivity contribution is 6.33. The van der Waals surface area contributed by atoms with Gasteiger partial charge in [-0.15, -0.1) is 24.8 Å². The van der Waals surface area contributed by atoms with E-state index >= 15 is 0 Å². The standard InChI is InChI=1S/C26H18N2.2ClH/c1-27-11-15-3-7-19-21-9-5-17-13-28(2)14-18-6-10-22(26(21)24(17)18)20-8-4-16(12-27)23(15)25(19)20;;/h3-14H,1-2H3;2*1H. The average Bonchev–Trinajstić information content (AvgIpc) is 2.69. The Morgan fingerprint density at radius 3 is 0.933 bits per heavy atom. The van der Waals surface area contributed by atoms with Gasteiger partial charge in [-0.1, -0.05) is 48.5 Å². The van der Waals surface area contributed by atoms with Crippen LogP contribution in [-0.4, -0.2) is 23.9 Å². The van der Waals surface area contributed by atoms with E-state index in [1.165, 1.54) is 64.0 Å². The van der Waals surface area contributed by atoms with Gasteiger partial charge < -0.3 is 9.80 Å². The molecule has 0 unspecified atom stereocenters. The van der Waals surface area contributed by atoms with Gasteiger partial charge in [0.25, 0.3) is 0 Å². The molecule has 0 bridgehead atoms. The predicted molar refractivity (Wildman–Crippen MR) is 134 cm³/mol. The van der Waals surface area contributed by atoms with Gasteiger partial charge in [0.05, 0.1) is 0 Å². The molecule has 5 aromatic carbocycles. The third kappa shape index (κ3) is 2.21. The van der Waals surface area contributed by atoms with E-state index in [1.807, 2.05) is 0 Å². The topological polar surface area (TPSA) is 6.48 Å². The summed E-state index contributed by atoms with van der Waals surface area (Å²) in [5.41, 5.74) is 0. The minimum Gasteiger partial charge on any atom is -0.356 e. The molecule has 0 saturated heterocycles. The minimum absolute atomic E-state index is 0. The molecular formula is C26H20Cl2N2. The van der Waals surface area contributed by atoms with Gasteiger partial charge in [-0.25, -0.2) is 0 Å². The lowest BCUT2D eigenvalue weighted by Gasteiger charge is -2.20. The second-order valence-corrected chi connectivity index (χ2v) is 8.16. The van der Waals surface area contributed by atoms with Crippen LogP contribution in [0.2, 0.25) is 0 Å². The summed E-state index contributed by atoms with van der Waals surface area (Å²) in [4.78, 5) is 4.31. The van der Waals surface area contributed by atoms with Gasteiger partial charge in [0.2, 0.25) is 0 Å². The Morgan fingerprint density at radius 2 is 0.667 bits per heavy atom. The molecule has 2 aliphatic rings. The Bertz CT molecular complexity index is 1500. The first-order valence-corrected chi connectivity index (χ1v) is 9.72. The van der Waals surface area contributed by atoms with Crippen LogP contribution in [-0.2, 0) is 0 Å². The first kappa shape index (κ1) is 19.0. The molecule has 0 radical (unpaired) electrons. The molecule has 0 amide bonds. The van der Waals surface area contributed by atoms with Crippen LogP contribution < -0.4 is 20.9 Å². The summed E-state index contributed by atoms with van der Waals surface area (Å²) in [6, 6.07) is 18.4. The van der Waals surface area contributed by atoms with Crippen LogP contribution in [0.25, 0.3) is 67.9 Å². The molecule has 0 saturated carbocycles. The number of rotatable bonds is 0. The zero-order chi connectivity index (χ0) is 18.6. The van der Waals surface area contributed by atoms with Gasteiger partial charge in [0.1, 0.15) is 0 Å². The van der Waals surface area contributed by atoms with Crippen molar-refractivity contribution in [3.05, 3.63) is 69.4 Å². The van der Waals surface area contributed by atoms with Crippen molar-refractivity contribution in [2.24, 2.45) is 0 Å². The maximum Gasteiger partial charge on any atom is 0.0110 e. The molecule has 0 N–H and O–H groups in total. The largest absolute Gasteiger partial charge is 0.356 e. The quantitative estimate of drug-likeness (QED) is 0.274. The highest BCUT2D eigenvalue weighted by atomic mass is 35.5. The summed E-state index contributed by atoms with van der Waals surface area (Å²) in [6.07, 6.45) is 8.91. The minimum atomic E-state index is 0. The molecule has 4 heteroatoms. The van der Waals surface area contributed by atoms with Crippen molar-refractivity contribution in [3.63, 3.8) is 0 Å². The summed E-state index contributed by atoms with van der Waals surface area (Å²) in [5.74, 6) is 0. The van der Waals surface area contributed by atoms with Gasteiger partial charge in [0.15, 0.2) is 0 Å². The van der Waals surface area contributed by atoms with E-state index in [1.54, 1.807) is 0 Å². The maximum atomic E-state index is 2.32. The summed E-state index contributed by atoms with van der Waals surface area (Å²) < 4.78 is 0. The van der Waals surface area contributed by atoms with Crippen molar-refractivity contribution in [2.75, 3.05) is 14.1 Å². The SMILES string of the molecule is CN1C=c2ccc3c4ccc5c6c(ccc(c7ccc(c2c37)=C1)c64)=CN(C)C=5.Cl.Cl. The fraction of sp³-hybridized carbons (Fsp3) is 0.0769. The zero-order valence-corrected chi connectivity index (χ0v) is 18.3. The van der Waals surface area contributed by atoms with Crippen molar-refractivity contribution in [2.45, 2.75) is 0 Å². The van der Waals surface area contributed by atoms with E-state index < -0.39 is 0 Å². The van der Waals surface area contributed by atoms with Crippen molar-refractivity contribution >= 4 is 92.7 Å². The third-order valence-corrected chi connectivity index (χ3v) is 6.40. The Hall–Kier alpha value is -2.94. The monoisotopic (exact) mass is 430 g/mol.